The van der Waals surface area contributed by atoms with Crippen molar-refractivity contribution in [3.63, 3.8) is 0 Å². The van der Waals surface area contributed by atoms with Crippen LogP contribution in [0.25, 0.3) is 0 Å². The number of rotatable bonds is 13. The molecule has 1 aliphatic heterocycles. The number of carboxylic acid groups (broad SMARTS) is 1. The van der Waals surface area contributed by atoms with Gasteiger partial charge in [0.05, 0.1) is 38.7 Å². The van der Waals surface area contributed by atoms with Gasteiger partial charge in [0.1, 0.15) is 12.4 Å². The number of aliphatic hydroxyl groups excluding tert-OH is 1. The van der Waals surface area contributed by atoms with E-state index in [9.17, 15) is 19.5 Å². The first-order valence-corrected chi connectivity index (χ1v) is 14.3. The first-order valence-electron chi connectivity index (χ1n) is 12.1. The van der Waals surface area contributed by atoms with E-state index in [1.165, 1.54) is 13.3 Å². The van der Waals surface area contributed by atoms with Crippen molar-refractivity contribution in [3.05, 3.63) is 59.9 Å². The molecule has 41 heavy (non-hydrogen) atoms. The van der Waals surface area contributed by atoms with E-state index in [0.29, 0.717) is 47.8 Å². The van der Waals surface area contributed by atoms with E-state index in [1.807, 2.05) is 45.2 Å². The molecule has 2 aromatic rings. The van der Waals surface area contributed by atoms with Crippen molar-refractivity contribution in [2.24, 2.45) is 5.10 Å². The second-order valence-corrected chi connectivity index (χ2v) is 10.7. The highest BCUT2D eigenvalue weighted by molar-refractivity contribution is 14.1. The fraction of sp³-hybridized carbons (Fsp3) is 0.308. The SMILES string of the molecule is CCOc1cc([C@H]2NC(=O)NC(C)=C2C(=O)OC)ccc1OC[C@H](O)N/N=C\c1cc(I)c(OCC(=O)O)c(I)c1. The number of nitrogens with zero attached hydrogens (tertiary/aromatic N) is 1. The molecule has 0 aromatic heterocycles. The molecule has 0 radical (unpaired) electrons. The fourth-order valence-corrected chi connectivity index (χ4v) is 5.87. The number of nitrogens with one attached hydrogen (secondary N) is 3. The second-order valence-electron chi connectivity index (χ2n) is 8.41. The lowest BCUT2D eigenvalue weighted by Gasteiger charge is -2.28. The summed E-state index contributed by atoms with van der Waals surface area (Å²) in [7, 11) is 1.26. The summed E-state index contributed by atoms with van der Waals surface area (Å²) in [6, 6.07) is 7.24. The minimum absolute atomic E-state index is 0.176. The Balaban J connectivity index is 1.67. The Morgan fingerprint density at radius 3 is 2.49 bits per heavy atom. The van der Waals surface area contributed by atoms with Crippen molar-refractivity contribution in [2.75, 3.05) is 26.9 Å². The number of hydrogen-bond donors (Lipinski definition) is 5. The van der Waals surface area contributed by atoms with Crippen molar-refractivity contribution < 1.29 is 43.5 Å². The van der Waals surface area contributed by atoms with Crippen LogP contribution in [0.1, 0.15) is 31.0 Å². The Kier molecular flexibility index (Phi) is 11.8. The molecule has 0 saturated heterocycles. The lowest BCUT2D eigenvalue weighted by atomic mass is 9.95. The molecule has 0 saturated carbocycles. The average molecular weight is 794 g/mol. The number of ether oxygens (including phenoxy) is 4. The van der Waals surface area contributed by atoms with E-state index in [0.717, 1.165) is 0 Å². The predicted octanol–water partition coefficient (Wildman–Crippen LogP) is 2.88. The maximum Gasteiger partial charge on any atom is 0.341 e. The van der Waals surface area contributed by atoms with E-state index >= 15 is 0 Å². The molecule has 3 rings (SSSR count). The monoisotopic (exact) mass is 794 g/mol. The van der Waals surface area contributed by atoms with Gasteiger partial charge in [-0.05, 0) is 94.4 Å². The van der Waals surface area contributed by atoms with Gasteiger partial charge in [-0.25, -0.2) is 14.4 Å². The summed E-state index contributed by atoms with van der Waals surface area (Å²) in [6.07, 6.45) is 0.327. The Morgan fingerprint density at radius 1 is 1.15 bits per heavy atom. The molecule has 15 heteroatoms. The summed E-state index contributed by atoms with van der Waals surface area (Å²) in [4.78, 5) is 35.3. The largest absolute Gasteiger partial charge is 0.490 e. The standard InChI is InChI=1S/C26H28I2N4O9/c1-4-39-19-9-15(23-22(25(36)38-3)13(2)30-26(37)31-23)5-6-18(19)40-11-20(33)32-29-10-14-7-16(27)24(17(28)8-14)41-12-21(34)35/h5-10,20,23,32-33H,4,11-12H2,1-3H3,(H,34,35)(H2,30,31,37)/b29-10-/t20-,23+/m0/s1. The summed E-state index contributed by atoms with van der Waals surface area (Å²) in [5, 5.41) is 28.5. The van der Waals surface area contributed by atoms with E-state index in [-0.39, 0.29) is 12.2 Å². The van der Waals surface area contributed by atoms with Crippen LogP contribution in [0.4, 0.5) is 4.79 Å². The summed E-state index contributed by atoms with van der Waals surface area (Å²) >= 11 is 4.08. The number of urea groups is 1. The topological polar surface area (TPSA) is 177 Å². The summed E-state index contributed by atoms with van der Waals surface area (Å²) in [6.45, 7) is 3.11. The van der Waals surface area contributed by atoms with Crippen LogP contribution in [-0.4, -0.2) is 67.6 Å². The molecular weight excluding hydrogens is 766 g/mol. The third-order valence-corrected chi connectivity index (χ3v) is 7.07. The van der Waals surface area contributed by atoms with Gasteiger partial charge in [-0.1, -0.05) is 6.07 Å². The Hall–Kier alpha value is -3.32. The zero-order valence-corrected chi connectivity index (χ0v) is 26.5. The summed E-state index contributed by atoms with van der Waals surface area (Å²) < 4.78 is 23.1. The van der Waals surface area contributed by atoms with Crippen molar-refractivity contribution >= 4 is 69.4 Å². The van der Waals surface area contributed by atoms with E-state index < -0.39 is 36.8 Å². The van der Waals surface area contributed by atoms with Gasteiger partial charge in [0, 0.05) is 5.70 Å². The average Bonchev–Trinajstić information content (AvgIpc) is 2.91. The number of amides is 2. The van der Waals surface area contributed by atoms with Crippen molar-refractivity contribution in [3.8, 4) is 17.2 Å². The number of carbonyl (C=O) groups is 3. The van der Waals surface area contributed by atoms with Gasteiger partial charge in [0.15, 0.2) is 24.3 Å². The van der Waals surface area contributed by atoms with Crippen molar-refractivity contribution in [1.82, 2.24) is 16.1 Å². The maximum atomic E-state index is 12.4. The number of methoxy groups -OCH3 is 1. The van der Waals surface area contributed by atoms with E-state index in [4.69, 9.17) is 24.1 Å². The molecule has 0 spiro atoms. The number of carboxylic acids is 1. The normalized spacial score (nSPS) is 15.6. The Labute approximate surface area is 262 Å². The van der Waals surface area contributed by atoms with Crippen LogP contribution < -0.4 is 30.3 Å². The first-order chi connectivity index (χ1) is 19.5. The molecule has 2 atom stereocenters. The number of aliphatic carboxylic acids is 1. The van der Waals surface area contributed by atoms with Gasteiger partial charge in [-0.3, -0.25) is 5.43 Å². The summed E-state index contributed by atoms with van der Waals surface area (Å²) in [5.74, 6) is -0.493. The molecule has 2 amide bonds. The molecule has 0 aliphatic carbocycles. The maximum absolute atomic E-state index is 12.4. The molecule has 0 fully saturated rings. The Bertz CT molecular complexity index is 1340. The minimum Gasteiger partial charge on any atom is -0.490 e. The molecule has 13 nitrogen and oxygen atoms in total. The van der Waals surface area contributed by atoms with Crippen molar-refractivity contribution in [2.45, 2.75) is 26.1 Å². The number of aliphatic hydroxyl groups is 1. The Morgan fingerprint density at radius 2 is 1.85 bits per heavy atom. The second kappa shape index (κ2) is 15.1. The highest BCUT2D eigenvalue weighted by atomic mass is 127. The highest BCUT2D eigenvalue weighted by Gasteiger charge is 2.32. The molecule has 2 aromatic carbocycles. The lowest BCUT2D eigenvalue weighted by molar-refractivity contribution is -0.139. The van der Waals surface area contributed by atoms with Gasteiger partial charge in [-0.15, -0.1) is 0 Å². The lowest BCUT2D eigenvalue weighted by Crippen LogP contribution is -2.45. The third kappa shape index (κ3) is 8.83. The number of hydrazone groups is 1. The van der Waals surface area contributed by atoms with Crippen LogP contribution >= 0.6 is 45.2 Å². The summed E-state index contributed by atoms with van der Waals surface area (Å²) in [5.41, 5.74) is 4.49. The highest BCUT2D eigenvalue weighted by Crippen LogP contribution is 2.35. The molecule has 0 unspecified atom stereocenters. The number of carbonyl (C=O) groups excluding carboxylic acids is 2. The van der Waals surface area contributed by atoms with Gasteiger partial charge in [-0.2, -0.15) is 5.10 Å². The van der Waals surface area contributed by atoms with E-state index in [2.05, 4.69) is 21.2 Å². The van der Waals surface area contributed by atoms with Gasteiger partial charge in [0.2, 0.25) is 0 Å². The molecule has 1 aliphatic rings. The van der Waals surface area contributed by atoms with Crippen LogP contribution in [0, 0.1) is 7.14 Å². The minimum atomic E-state index is -1.17. The van der Waals surface area contributed by atoms with Crippen LogP contribution in [0.15, 0.2) is 46.7 Å². The van der Waals surface area contributed by atoms with Crippen LogP contribution in [-0.2, 0) is 14.3 Å². The molecule has 0 bridgehead atoms. The number of hydrogen-bond acceptors (Lipinski definition) is 10. The molecule has 5 N–H and O–H groups in total. The number of halogens is 2. The smallest absolute Gasteiger partial charge is 0.341 e. The predicted molar refractivity (Wildman–Crippen MR) is 164 cm³/mol. The zero-order chi connectivity index (χ0) is 30.1. The third-order valence-electron chi connectivity index (χ3n) is 5.47. The quantitative estimate of drug-likeness (QED) is 0.0667. The number of allylic oxidation sites excluding steroid dienone is 1. The number of esters is 1. The molecule has 1 heterocycles. The van der Waals surface area contributed by atoms with Crippen LogP contribution in [0.3, 0.4) is 0 Å². The van der Waals surface area contributed by atoms with Crippen molar-refractivity contribution in [1.29, 1.82) is 0 Å². The van der Waals surface area contributed by atoms with Gasteiger partial charge >= 0.3 is 18.0 Å². The van der Waals surface area contributed by atoms with Gasteiger partial charge < -0.3 is 39.8 Å². The van der Waals surface area contributed by atoms with E-state index in [1.54, 1.807) is 44.2 Å². The number of benzene rings is 2. The van der Waals surface area contributed by atoms with Crippen LogP contribution in [0.5, 0.6) is 17.2 Å². The zero-order valence-electron chi connectivity index (χ0n) is 22.2. The molecular formula is C26H28I2N4O9. The van der Waals surface area contributed by atoms with Gasteiger partial charge in [0.25, 0.3) is 0 Å². The first kappa shape index (κ1) is 32.2. The molecule has 220 valence electrons. The fourth-order valence-electron chi connectivity index (χ4n) is 3.75. The van der Waals surface area contributed by atoms with Crippen LogP contribution in [0.2, 0.25) is 0 Å².